The van der Waals surface area contributed by atoms with Crippen molar-refractivity contribution >= 4 is 6.08 Å². The lowest BCUT2D eigenvalue weighted by Gasteiger charge is -2.32. The molecule has 1 atom stereocenters. The third kappa shape index (κ3) is 5.43. The number of rotatable bonds is 7. The number of hydrogen-bond acceptors (Lipinski definition) is 2. The van der Waals surface area contributed by atoms with Gasteiger partial charge in [0.15, 0.2) is 0 Å². The summed E-state index contributed by atoms with van der Waals surface area (Å²) in [6.45, 7) is 8.56. The van der Waals surface area contributed by atoms with E-state index >= 15 is 0 Å². The van der Waals surface area contributed by atoms with Crippen molar-refractivity contribution in [3.63, 3.8) is 0 Å². The molecule has 24 heavy (non-hydrogen) atoms. The molecule has 1 aromatic carbocycles. The van der Waals surface area contributed by atoms with Crippen molar-refractivity contribution < 1.29 is 9.84 Å². The Hall–Kier alpha value is -1.70. The lowest BCUT2D eigenvalue weighted by atomic mass is 9.93. The largest absolute Gasteiger partial charge is 0.507 e. The first-order chi connectivity index (χ1) is 10.9. The minimum absolute atomic E-state index is 0. The van der Waals surface area contributed by atoms with E-state index in [9.17, 15) is 5.11 Å². The molecular formula is C22H34O2. The van der Waals surface area contributed by atoms with Crippen molar-refractivity contribution in [3.05, 3.63) is 41.0 Å². The van der Waals surface area contributed by atoms with Gasteiger partial charge in [-0.3, -0.25) is 0 Å². The summed E-state index contributed by atoms with van der Waals surface area (Å²) in [5.41, 5.74) is 3.01. The predicted octanol–water partition coefficient (Wildman–Crippen LogP) is 6.67. The molecule has 1 unspecified atom stereocenters. The summed E-state index contributed by atoms with van der Waals surface area (Å²) in [6, 6.07) is 3.99. The molecule has 2 rings (SSSR count). The maximum atomic E-state index is 10.3. The van der Waals surface area contributed by atoms with Crippen molar-refractivity contribution in [1.82, 2.24) is 0 Å². The molecular weight excluding hydrogens is 296 g/mol. The van der Waals surface area contributed by atoms with Crippen LogP contribution in [0.25, 0.3) is 6.08 Å². The van der Waals surface area contributed by atoms with Gasteiger partial charge < -0.3 is 9.84 Å². The van der Waals surface area contributed by atoms with Crippen molar-refractivity contribution in [1.29, 1.82) is 0 Å². The van der Waals surface area contributed by atoms with E-state index in [4.69, 9.17) is 4.74 Å². The Morgan fingerprint density at radius 3 is 2.67 bits per heavy atom. The zero-order valence-corrected chi connectivity index (χ0v) is 15.0. The smallest absolute Gasteiger partial charge is 0.131 e. The third-order valence-corrected chi connectivity index (χ3v) is 4.39. The second-order valence-corrected chi connectivity index (χ2v) is 7.05. The van der Waals surface area contributed by atoms with Crippen molar-refractivity contribution in [2.75, 3.05) is 0 Å². The SMILES string of the molecule is C.CCCCCc1cc(O)c2c(c1)OC(C)(CCC=C(C)C)C=C2. The van der Waals surface area contributed by atoms with E-state index in [1.54, 1.807) is 0 Å². The molecule has 1 heterocycles. The number of unbranched alkanes of at least 4 members (excludes halogenated alkanes) is 2. The van der Waals surface area contributed by atoms with Gasteiger partial charge in [-0.2, -0.15) is 0 Å². The molecule has 2 nitrogen and oxygen atoms in total. The van der Waals surface area contributed by atoms with Gasteiger partial charge in [0.1, 0.15) is 17.1 Å². The topological polar surface area (TPSA) is 29.5 Å². The highest BCUT2D eigenvalue weighted by molar-refractivity contribution is 5.67. The Labute approximate surface area is 148 Å². The van der Waals surface area contributed by atoms with Gasteiger partial charge in [-0.25, -0.2) is 0 Å². The van der Waals surface area contributed by atoms with Crippen molar-refractivity contribution in [3.8, 4) is 11.5 Å². The minimum Gasteiger partial charge on any atom is -0.507 e. The van der Waals surface area contributed by atoms with Crippen LogP contribution in [0.3, 0.4) is 0 Å². The van der Waals surface area contributed by atoms with E-state index < -0.39 is 0 Å². The van der Waals surface area contributed by atoms with Crippen LogP contribution >= 0.6 is 0 Å². The molecule has 0 aliphatic carbocycles. The van der Waals surface area contributed by atoms with Crippen LogP contribution < -0.4 is 4.74 Å². The molecule has 1 aliphatic rings. The van der Waals surface area contributed by atoms with Gasteiger partial charge in [0.25, 0.3) is 0 Å². The second kappa shape index (κ2) is 8.96. The number of fused-ring (bicyclic) bond motifs is 1. The van der Waals surface area contributed by atoms with Crippen LogP contribution in [0, 0.1) is 0 Å². The molecule has 1 aliphatic heterocycles. The molecule has 0 aromatic heterocycles. The van der Waals surface area contributed by atoms with Gasteiger partial charge >= 0.3 is 0 Å². The summed E-state index contributed by atoms with van der Waals surface area (Å²) < 4.78 is 6.25. The van der Waals surface area contributed by atoms with Crippen LogP contribution in [0.4, 0.5) is 0 Å². The van der Waals surface area contributed by atoms with E-state index in [1.165, 1.54) is 18.4 Å². The zero-order chi connectivity index (χ0) is 16.9. The van der Waals surface area contributed by atoms with E-state index in [1.807, 2.05) is 12.1 Å². The second-order valence-electron chi connectivity index (χ2n) is 7.05. The Morgan fingerprint density at radius 2 is 2.00 bits per heavy atom. The summed E-state index contributed by atoms with van der Waals surface area (Å²) in [5, 5.41) is 10.3. The lowest BCUT2D eigenvalue weighted by molar-refractivity contribution is 0.128. The van der Waals surface area contributed by atoms with Crippen LogP contribution in [-0.2, 0) is 6.42 Å². The van der Waals surface area contributed by atoms with Gasteiger partial charge in [-0.05, 0) is 76.3 Å². The molecule has 1 N–H and O–H groups in total. The van der Waals surface area contributed by atoms with E-state index in [-0.39, 0.29) is 13.0 Å². The van der Waals surface area contributed by atoms with Crippen molar-refractivity contribution in [2.24, 2.45) is 0 Å². The van der Waals surface area contributed by atoms with Gasteiger partial charge in [-0.15, -0.1) is 0 Å². The number of aromatic hydroxyl groups is 1. The normalized spacial score (nSPS) is 18.3. The molecule has 0 spiro atoms. The Bertz CT molecular complexity index is 594. The molecule has 134 valence electrons. The number of aryl methyl sites for hydroxylation is 1. The average molecular weight is 331 g/mol. The third-order valence-electron chi connectivity index (χ3n) is 4.39. The number of phenolic OH excluding ortho intramolecular Hbond substituents is 1. The van der Waals surface area contributed by atoms with Gasteiger partial charge in [0, 0.05) is 0 Å². The van der Waals surface area contributed by atoms with Gasteiger partial charge in [0.2, 0.25) is 0 Å². The lowest BCUT2D eigenvalue weighted by Crippen LogP contribution is -2.31. The fraction of sp³-hybridized carbons (Fsp3) is 0.545. The number of phenols is 1. The predicted molar refractivity (Wildman–Crippen MR) is 105 cm³/mol. The number of benzene rings is 1. The average Bonchev–Trinajstić information content (AvgIpc) is 2.46. The standard InChI is InChI=1S/C21H30O2.CH4/c1-5-6-7-10-17-14-19(22)18-11-13-21(4,23-20(18)15-17)12-8-9-16(2)3;/h9,11,13-15,22H,5-8,10,12H2,1-4H3;1H4. The first kappa shape index (κ1) is 20.3. The first-order valence-corrected chi connectivity index (χ1v) is 8.81. The summed E-state index contributed by atoms with van der Waals surface area (Å²) in [5.74, 6) is 1.15. The van der Waals surface area contributed by atoms with E-state index in [0.717, 1.165) is 42.6 Å². The number of ether oxygens (including phenoxy) is 1. The molecule has 0 radical (unpaired) electrons. The first-order valence-electron chi connectivity index (χ1n) is 8.81. The van der Waals surface area contributed by atoms with Crippen LogP contribution in [0.2, 0.25) is 0 Å². The highest BCUT2D eigenvalue weighted by Gasteiger charge is 2.28. The minimum atomic E-state index is -0.298. The summed E-state index contributed by atoms with van der Waals surface area (Å²) in [7, 11) is 0. The maximum absolute atomic E-state index is 10.3. The van der Waals surface area contributed by atoms with Gasteiger partial charge in [0.05, 0.1) is 5.56 Å². The summed E-state index contributed by atoms with van der Waals surface area (Å²) >= 11 is 0. The maximum Gasteiger partial charge on any atom is 0.131 e. The molecule has 1 aromatic rings. The highest BCUT2D eigenvalue weighted by atomic mass is 16.5. The Balaban J connectivity index is 0.00000288. The monoisotopic (exact) mass is 330 g/mol. The van der Waals surface area contributed by atoms with Crippen LogP contribution in [0.5, 0.6) is 11.5 Å². The molecule has 0 fully saturated rings. The molecule has 2 heteroatoms. The quantitative estimate of drug-likeness (QED) is 0.447. The van der Waals surface area contributed by atoms with E-state index in [2.05, 4.69) is 45.9 Å². The van der Waals surface area contributed by atoms with Gasteiger partial charge in [-0.1, -0.05) is 38.8 Å². The van der Waals surface area contributed by atoms with Crippen molar-refractivity contribution in [2.45, 2.75) is 79.2 Å². The molecule has 0 bridgehead atoms. The van der Waals surface area contributed by atoms with Crippen LogP contribution in [-0.4, -0.2) is 10.7 Å². The summed E-state index contributed by atoms with van der Waals surface area (Å²) in [6.07, 6.45) is 12.8. The fourth-order valence-corrected chi connectivity index (χ4v) is 2.97. The van der Waals surface area contributed by atoms with Crippen LogP contribution in [0.1, 0.15) is 78.4 Å². The van der Waals surface area contributed by atoms with E-state index in [0.29, 0.717) is 5.75 Å². The van der Waals surface area contributed by atoms with Crippen LogP contribution in [0.15, 0.2) is 29.9 Å². The molecule has 0 amide bonds. The highest BCUT2D eigenvalue weighted by Crippen LogP contribution is 2.39. The summed E-state index contributed by atoms with van der Waals surface area (Å²) in [4.78, 5) is 0. The zero-order valence-electron chi connectivity index (χ0n) is 15.0. The molecule has 0 saturated heterocycles. The fourth-order valence-electron chi connectivity index (χ4n) is 2.97. The Kier molecular flexibility index (Phi) is 7.59. The number of allylic oxidation sites excluding steroid dienone is 2. The number of hydrogen-bond donors (Lipinski definition) is 1. The Morgan fingerprint density at radius 1 is 1.25 bits per heavy atom. The molecule has 0 saturated carbocycles.